The standard InChI is InChI=1S/C13H17ClN2O/c14-10-3-7-12(8-4-10)16-13(17)9-1-5-11(15)6-2-9/h3-4,7-9,11H,1-2,5-6,15H2,(H,16,17). The number of hydrogen-bond donors (Lipinski definition) is 2. The third-order valence-electron chi connectivity index (χ3n) is 3.25. The van der Waals surface area contributed by atoms with E-state index in [1.165, 1.54) is 0 Å². The summed E-state index contributed by atoms with van der Waals surface area (Å²) in [5, 5.41) is 3.59. The number of carbonyl (C=O) groups is 1. The fraction of sp³-hybridized carbons (Fsp3) is 0.462. The van der Waals surface area contributed by atoms with E-state index in [0.717, 1.165) is 31.4 Å². The Morgan fingerprint density at radius 3 is 2.35 bits per heavy atom. The quantitative estimate of drug-likeness (QED) is 0.850. The Hall–Kier alpha value is -1.06. The molecule has 1 amide bonds. The number of hydrogen-bond acceptors (Lipinski definition) is 2. The topological polar surface area (TPSA) is 55.1 Å². The second kappa shape index (κ2) is 5.52. The molecule has 3 nitrogen and oxygen atoms in total. The van der Waals surface area contributed by atoms with Crippen LogP contribution in [0.2, 0.25) is 5.02 Å². The van der Waals surface area contributed by atoms with Crippen LogP contribution in [0.4, 0.5) is 5.69 Å². The summed E-state index contributed by atoms with van der Waals surface area (Å²) in [6.07, 6.45) is 3.67. The molecular formula is C13H17ClN2O. The smallest absolute Gasteiger partial charge is 0.227 e. The van der Waals surface area contributed by atoms with E-state index in [4.69, 9.17) is 17.3 Å². The molecule has 0 atom stereocenters. The van der Waals surface area contributed by atoms with Crippen LogP contribution in [0.5, 0.6) is 0 Å². The maximum absolute atomic E-state index is 12.0. The first kappa shape index (κ1) is 12.4. The number of rotatable bonds is 2. The number of benzene rings is 1. The fourth-order valence-corrected chi connectivity index (χ4v) is 2.28. The van der Waals surface area contributed by atoms with Gasteiger partial charge in [0.15, 0.2) is 0 Å². The van der Waals surface area contributed by atoms with Gasteiger partial charge in [0.2, 0.25) is 5.91 Å². The van der Waals surface area contributed by atoms with Crippen molar-refractivity contribution in [2.45, 2.75) is 31.7 Å². The molecule has 1 aromatic carbocycles. The van der Waals surface area contributed by atoms with Crippen LogP contribution in [0.3, 0.4) is 0 Å². The summed E-state index contributed by atoms with van der Waals surface area (Å²) in [4.78, 5) is 12.0. The molecule has 92 valence electrons. The lowest BCUT2D eigenvalue weighted by atomic mass is 9.86. The Balaban J connectivity index is 1.90. The highest BCUT2D eigenvalue weighted by molar-refractivity contribution is 6.30. The van der Waals surface area contributed by atoms with E-state index in [2.05, 4.69) is 5.32 Å². The van der Waals surface area contributed by atoms with Gasteiger partial charge < -0.3 is 11.1 Å². The summed E-state index contributed by atoms with van der Waals surface area (Å²) in [6, 6.07) is 7.44. The third-order valence-corrected chi connectivity index (χ3v) is 3.51. The van der Waals surface area contributed by atoms with Crippen molar-refractivity contribution in [1.29, 1.82) is 0 Å². The van der Waals surface area contributed by atoms with E-state index in [0.29, 0.717) is 5.02 Å². The van der Waals surface area contributed by atoms with Crippen LogP contribution in [-0.4, -0.2) is 11.9 Å². The lowest BCUT2D eigenvalue weighted by molar-refractivity contribution is -0.120. The van der Waals surface area contributed by atoms with E-state index < -0.39 is 0 Å². The Bertz CT molecular complexity index is 383. The van der Waals surface area contributed by atoms with Crippen molar-refractivity contribution in [2.24, 2.45) is 11.7 Å². The molecule has 1 aliphatic carbocycles. The van der Waals surface area contributed by atoms with E-state index in [1.54, 1.807) is 12.1 Å². The van der Waals surface area contributed by atoms with Gasteiger partial charge in [0, 0.05) is 22.7 Å². The highest BCUT2D eigenvalue weighted by Crippen LogP contribution is 2.24. The van der Waals surface area contributed by atoms with Gasteiger partial charge >= 0.3 is 0 Å². The minimum Gasteiger partial charge on any atom is -0.328 e. The van der Waals surface area contributed by atoms with Gasteiger partial charge in [0.1, 0.15) is 0 Å². The molecule has 3 N–H and O–H groups in total. The van der Waals surface area contributed by atoms with Crippen molar-refractivity contribution in [2.75, 3.05) is 5.32 Å². The lowest BCUT2D eigenvalue weighted by Gasteiger charge is -2.25. The average Bonchev–Trinajstić information content (AvgIpc) is 2.33. The Kier molecular flexibility index (Phi) is 4.02. The number of amides is 1. The second-order valence-corrected chi connectivity index (χ2v) is 5.04. The number of anilines is 1. The molecule has 0 unspecified atom stereocenters. The molecule has 1 aliphatic rings. The maximum Gasteiger partial charge on any atom is 0.227 e. The van der Waals surface area contributed by atoms with Gasteiger partial charge in [-0.1, -0.05) is 11.6 Å². The molecule has 0 bridgehead atoms. The van der Waals surface area contributed by atoms with E-state index >= 15 is 0 Å². The van der Waals surface area contributed by atoms with E-state index in [-0.39, 0.29) is 17.9 Å². The lowest BCUT2D eigenvalue weighted by Crippen LogP contribution is -2.32. The highest BCUT2D eigenvalue weighted by atomic mass is 35.5. The number of nitrogens with two attached hydrogens (primary N) is 1. The number of carbonyl (C=O) groups excluding carboxylic acids is 1. The van der Waals surface area contributed by atoms with Crippen molar-refractivity contribution < 1.29 is 4.79 Å². The summed E-state index contributed by atoms with van der Waals surface area (Å²) < 4.78 is 0. The molecule has 0 saturated heterocycles. The van der Waals surface area contributed by atoms with Crippen LogP contribution in [0.25, 0.3) is 0 Å². The van der Waals surface area contributed by atoms with Gasteiger partial charge in [-0.05, 0) is 49.9 Å². The molecule has 0 radical (unpaired) electrons. The van der Waals surface area contributed by atoms with Crippen LogP contribution in [0, 0.1) is 5.92 Å². The maximum atomic E-state index is 12.0. The van der Waals surface area contributed by atoms with Gasteiger partial charge in [-0.3, -0.25) is 4.79 Å². The average molecular weight is 253 g/mol. The van der Waals surface area contributed by atoms with Crippen LogP contribution < -0.4 is 11.1 Å². The molecule has 0 aliphatic heterocycles. The van der Waals surface area contributed by atoms with Gasteiger partial charge in [-0.2, -0.15) is 0 Å². The van der Waals surface area contributed by atoms with Crippen molar-refractivity contribution in [3.05, 3.63) is 29.3 Å². The second-order valence-electron chi connectivity index (χ2n) is 4.61. The van der Waals surface area contributed by atoms with Crippen LogP contribution in [-0.2, 0) is 4.79 Å². The normalized spacial score (nSPS) is 24.4. The molecule has 0 aromatic heterocycles. The first-order chi connectivity index (χ1) is 8.15. The summed E-state index contributed by atoms with van der Waals surface area (Å²) >= 11 is 5.79. The zero-order valence-electron chi connectivity index (χ0n) is 9.66. The SMILES string of the molecule is NC1CCC(C(=O)Nc2ccc(Cl)cc2)CC1. The van der Waals surface area contributed by atoms with Crippen LogP contribution >= 0.6 is 11.6 Å². The zero-order valence-corrected chi connectivity index (χ0v) is 10.4. The third kappa shape index (κ3) is 3.45. The molecule has 0 spiro atoms. The largest absolute Gasteiger partial charge is 0.328 e. The number of nitrogens with one attached hydrogen (secondary N) is 1. The number of halogens is 1. The van der Waals surface area contributed by atoms with Crippen molar-refractivity contribution in [3.8, 4) is 0 Å². The summed E-state index contributed by atoms with van der Waals surface area (Å²) in [7, 11) is 0. The molecule has 4 heteroatoms. The van der Waals surface area contributed by atoms with E-state index in [9.17, 15) is 4.79 Å². The highest BCUT2D eigenvalue weighted by Gasteiger charge is 2.24. The van der Waals surface area contributed by atoms with Crippen molar-refractivity contribution >= 4 is 23.2 Å². The van der Waals surface area contributed by atoms with Crippen molar-refractivity contribution in [3.63, 3.8) is 0 Å². The van der Waals surface area contributed by atoms with Gasteiger partial charge in [-0.15, -0.1) is 0 Å². The molecule has 2 rings (SSSR count). The summed E-state index contributed by atoms with van der Waals surface area (Å²) in [5.41, 5.74) is 6.62. The Morgan fingerprint density at radius 1 is 1.18 bits per heavy atom. The minimum atomic E-state index is 0.0965. The molecule has 17 heavy (non-hydrogen) atoms. The first-order valence-corrected chi connectivity index (χ1v) is 6.35. The molecular weight excluding hydrogens is 236 g/mol. The van der Waals surface area contributed by atoms with Crippen molar-refractivity contribution in [1.82, 2.24) is 0 Å². The summed E-state index contributed by atoms with van der Waals surface area (Å²) in [6.45, 7) is 0. The monoisotopic (exact) mass is 252 g/mol. The molecule has 0 heterocycles. The first-order valence-electron chi connectivity index (χ1n) is 5.97. The predicted octanol–water partition coefficient (Wildman–Crippen LogP) is 2.80. The van der Waals surface area contributed by atoms with Crippen LogP contribution in [0.15, 0.2) is 24.3 Å². The summed E-state index contributed by atoms with van der Waals surface area (Å²) in [5.74, 6) is 0.199. The Labute approximate surface area is 106 Å². The van der Waals surface area contributed by atoms with Gasteiger partial charge in [-0.25, -0.2) is 0 Å². The minimum absolute atomic E-state index is 0.0965. The van der Waals surface area contributed by atoms with Crippen LogP contribution in [0.1, 0.15) is 25.7 Å². The van der Waals surface area contributed by atoms with Gasteiger partial charge in [0.05, 0.1) is 0 Å². The van der Waals surface area contributed by atoms with E-state index in [1.807, 2.05) is 12.1 Å². The molecule has 1 fully saturated rings. The Morgan fingerprint density at radius 2 is 1.76 bits per heavy atom. The fourth-order valence-electron chi connectivity index (χ4n) is 2.16. The molecule has 1 aromatic rings. The molecule has 1 saturated carbocycles. The van der Waals surface area contributed by atoms with Gasteiger partial charge in [0.25, 0.3) is 0 Å². The predicted molar refractivity (Wildman–Crippen MR) is 70.0 cm³/mol. The zero-order chi connectivity index (χ0) is 12.3.